The summed E-state index contributed by atoms with van der Waals surface area (Å²) in [4.78, 5) is 2.33. The molecule has 1 atom stereocenters. The minimum Gasteiger partial charge on any atom is -0.489 e. The maximum absolute atomic E-state index is 6.16. The highest BCUT2D eigenvalue weighted by molar-refractivity contribution is 5.41. The predicted molar refractivity (Wildman–Crippen MR) is 68.4 cm³/mol. The molecule has 3 nitrogen and oxygen atoms in total. The molecule has 0 spiro atoms. The zero-order valence-electron chi connectivity index (χ0n) is 10.4. The van der Waals surface area contributed by atoms with Crippen LogP contribution in [0.3, 0.4) is 0 Å². The molecule has 0 amide bonds. The average molecular weight is 232 g/mol. The summed E-state index contributed by atoms with van der Waals surface area (Å²) in [6, 6.07) is 6.46. The molecule has 2 aliphatic heterocycles. The van der Waals surface area contributed by atoms with Crippen LogP contribution in [0.2, 0.25) is 0 Å². The summed E-state index contributed by atoms with van der Waals surface area (Å²) in [6.45, 7) is 4.24. The van der Waals surface area contributed by atoms with Crippen molar-refractivity contribution >= 4 is 0 Å². The number of rotatable bonds is 2. The maximum Gasteiger partial charge on any atom is 0.124 e. The molecule has 0 aliphatic carbocycles. The van der Waals surface area contributed by atoms with Crippen molar-refractivity contribution < 1.29 is 4.74 Å². The second-order valence-corrected chi connectivity index (χ2v) is 5.11. The highest BCUT2D eigenvalue weighted by atomic mass is 16.5. The van der Waals surface area contributed by atoms with Crippen LogP contribution >= 0.6 is 0 Å². The topological polar surface area (TPSA) is 24.5 Å². The summed E-state index contributed by atoms with van der Waals surface area (Å²) in [5, 5.41) is 3.42. The van der Waals surface area contributed by atoms with Crippen molar-refractivity contribution in [1.29, 1.82) is 0 Å². The third-order valence-corrected chi connectivity index (χ3v) is 3.74. The van der Waals surface area contributed by atoms with E-state index in [4.69, 9.17) is 4.74 Å². The van der Waals surface area contributed by atoms with Gasteiger partial charge >= 0.3 is 0 Å². The molecule has 0 bridgehead atoms. The molecule has 1 aromatic rings. The third kappa shape index (κ3) is 2.31. The molecule has 1 unspecified atom stereocenters. The molecule has 1 saturated heterocycles. The molecule has 1 fully saturated rings. The van der Waals surface area contributed by atoms with Crippen LogP contribution in [0.15, 0.2) is 18.2 Å². The smallest absolute Gasteiger partial charge is 0.124 e. The van der Waals surface area contributed by atoms with Crippen LogP contribution in [0.1, 0.15) is 17.5 Å². The van der Waals surface area contributed by atoms with Crippen molar-refractivity contribution in [3.05, 3.63) is 29.3 Å². The molecule has 2 aliphatic rings. The monoisotopic (exact) mass is 232 g/mol. The maximum atomic E-state index is 6.16. The molecule has 3 rings (SSSR count). The molecule has 3 heteroatoms. The lowest BCUT2D eigenvalue weighted by atomic mass is 10.0. The van der Waals surface area contributed by atoms with Gasteiger partial charge in [0.25, 0.3) is 0 Å². The Balaban J connectivity index is 1.78. The number of nitrogens with one attached hydrogen (secondary N) is 1. The number of nitrogens with zero attached hydrogens (tertiary/aromatic N) is 1. The zero-order chi connectivity index (χ0) is 11.7. The van der Waals surface area contributed by atoms with Crippen molar-refractivity contribution in [2.24, 2.45) is 0 Å². The molecular weight excluding hydrogens is 212 g/mol. The van der Waals surface area contributed by atoms with E-state index in [9.17, 15) is 0 Å². The number of ether oxygens (including phenoxy) is 1. The summed E-state index contributed by atoms with van der Waals surface area (Å²) in [5.74, 6) is 1.09. The van der Waals surface area contributed by atoms with Crippen LogP contribution in [-0.4, -0.2) is 37.7 Å². The number of hydrogen-bond acceptors (Lipinski definition) is 3. The van der Waals surface area contributed by atoms with Crippen LogP contribution in [0.5, 0.6) is 5.75 Å². The Morgan fingerprint density at radius 2 is 2.35 bits per heavy atom. The lowest BCUT2D eigenvalue weighted by molar-refractivity contribution is 0.205. The van der Waals surface area contributed by atoms with Crippen LogP contribution in [0.25, 0.3) is 0 Å². The van der Waals surface area contributed by atoms with Crippen molar-refractivity contribution in [1.82, 2.24) is 10.2 Å². The van der Waals surface area contributed by atoms with Gasteiger partial charge in [0, 0.05) is 25.2 Å². The summed E-state index contributed by atoms with van der Waals surface area (Å²) in [5.41, 5.74) is 2.82. The van der Waals surface area contributed by atoms with E-state index in [0.29, 0.717) is 6.10 Å². The Kier molecular flexibility index (Phi) is 3.04. The van der Waals surface area contributed by atoms with Gasteiger partial charge in [-0.1, -0.05) is 12.1 Å². The fourth-order valence-corrected chi connectivity index (χ4v) is 2.76. The van der Waals surface area contributed by atoms with E-state index >= 15 is 0 Å². The fraction of sp³-hybridized carbons (Fsp3) is 0.571. The van der Waals surface area contributed by atoms with Gasteiger partial charge in [0.1, 0.15) is 11.9 Å². The predicted octanol–water partition coefficient (Wildman–Crippen LogP) is 1.42. The van der Waals surface area contributed by atoms with E-state index in [2.05, 4.69) is 35.5 Å². The van der Waals surface area contributed by atoms with Crippen molar-refractivity contribution in [3.63, 3.8) is 0 Å². The highest BCUT2D eigenvalue weighted by Crippen LogP contribution is 2.27. The van der Waals surface area contributed by atoms with E-state index in [0.717, 1.165) is 44.8 Å². The van der Waals surface area contributed by atoms with E-state index in [1.54, 1.807) is 0 Å². The normalized spacial score (nSPS) is 24.6. The molecule has 0 saturated carbocycles. The van der Waals surface area contributed by atoms with Crippen LogP contribution < -0.4 is 10.1 Å². The van der Waals surface area contributed by atoms with Gasteiger partial charge in [0.2, 0.25) is 0 Å². The van der Waals surface area contributed by atoms with Gasteiger partial charge in [-0.05, 0) is 38.1 Å². The summed E-state index contributed by atoms with van der Waals surface area (Å²) in [6.07, 6.45) is 2.64. The zero-order valence-corrected chi connectivity index (χ0v) is 10.4. The lowest BCUT2D eigenvalue weighted by Gasteiger charge is -2.22. The average Bonchev–Trinajstić information content (AvgIpc) is 2.75. The van der Waals surface area contributed by atoms with Gasteiger partial charge < -0.3 is 15.0 Å². The fourth-order valence-electron chi connectivity index (χ4n) is 2.76. The van der Waals surface area contributed by atoms with E-state index in [-0.39, 0.29) is 0 Å². The van der Waals surface area contributed by atoms with Crippen molar-refractivity contribution in [2.45, 2.75) is 25.5 Å². The van der Waals surface area contributed by atoms with Gasteiger partial charge in [-0.25, -0.2) is 0 Å². The number of benzene rings is 1. The minimum atomic E-state index is 0.369. The van der Waals surface area contributed by atoms with Gasteiger partial charge in [0.15, 0.2) is 0 Å². The molecular formula is C14H20N2O. The van der Waals surface area contributed by atoms with Crippen molar-refractivity contribution in [3.8, 4) is 5.75 Å². The number of likely N-dealkylation sites (N-methyl/N-ethyl adjacent to an activating group) is 1. The quantitative estimate of drug-likeness (QED) is 0.834. The summed E-state index contributed by atoms with van der Waals surface area (Å²) in [7, 11) is 2.16. The Morgan fingerprint density at radius 1 is 1.41 bits per heavy atom. The summed E-state index contributed by atoms with van der Waals surface area (Å²) >= 11 is 0. The second kappa shape index (κ2) is 4.67. The first kappa shape index (κ1) is 11.1. The first-order chi connectivity index (χ1) is 8.33. The van der Waals surface area contributed by atoms with Gasteiger partial charge in [-0.2, -0.15) is 0 Å². The van der Waals surface area contributed by atoms with E-state index in [1.807, 2.05) is 0 Å². The van der Waals surface area contributed by atoms with Crippen LogP contribution in [0.4, 0.5) is 0 Å². The lowest BCUT2D eigenvalue weighted by Crippen LogP contribution is -2.26. The second-order valence-electron chi connectivity index (χ2n) is 5.11. The van der Waals surface area contributed by atoms with E-state index < -0.39 is 0 Å². The molecule has 92 valence electrons. The SMILES string of the molecule is CN1CCC(Oc2cccc3c2CNCC3)C1. The molecule has 0 aromatic heterocycles. The molecule has 1 aromatic carbocycles. The van der Waals surface area contributed by atoms with Gasteiger partial charge in [-0.3, -0.25) is 0 Å². The Labute approximate surface area is 103 Å². The Bertz CT molecular complexity index is 405. The molecule has 17 heavy (non-hydrogen) atoms. The number of hydrogen-bond donors (Lipinski definition) is 1. The molecule has 1 N–H and O–H groups in total. The number of fused-ring (bicyclic) bond motifs is 1. The first-order valence-corrected chi connectivity index (χ1v) is 6.49. The van der Waals surface area contributed by atoms with E-state index in [1.165, 1.54) is 11.1 Å². The van der Waals surface area contributed by atoms with Crippen molar-refractivity contribution in [2.75, 3.05) is 26.7 Å². The Morgan fingerprint density at radius 3 is 3.18 bits per heavy atom. The Hall–Kier alpha value is -1.06. The molecule has 2 heterocycles. The number of likely N-dealkylation sites (tertiary alicyclic amines) is 1. The standard InChI is InChI=1S/C14H20N2O/c1-16-8-6-12(10-16)17-14-4-2-3-11-5-7-15-9-13(11)14/h2-4,12,15H,5-10H2,1H3. The van der Waals surface area contributed by atoms with Crippen LogP contribution in [0, 0.1) is 0 Å². The van der Waals surface area contributed by atoms with Gasteiger partial charge in [0.05, 0.1) is 0 Å². The first-order valence-electron chi connectivity index (χ1n) is 6.49. The van der Waals surface area contributed by atoms with Gasteiger partial charge in [-0.15, -0.1) is 0 Å². The summed E-state index contributed by atoms with van der Waals surface area (Å²) < 4.78 is 6.16. The minimum absolute atomic E-state index is 0.369. The largest absolute Gasteiger partial charge is 0.489 e. The highest BCUT2D eigenvalue weighted by Gasteiger charge is 2.22. The third-order valence-electron chi connectivity index (χ3n) is 3.74. The molecule has 0 radical (unpaired) electrons. The van der Waals surface area contributed by atoms with Crippen LogP contribution in [-0.2, 0) is 13.0 Å².